The standard InChI is InChI=1S/C22H27N3O/c1-15-9-10-18(16(2)12-15)21(26)14-25-11-5-6-17(13-25)22-23-19-7-3-4-8-20(19)24-22/h3-4,7-10,12,17,21,26H,5-6,11,13-14H2,1-2H3,(H,23,24)/t17-,21+/m1/s1. The number of aromatic amines is 1. The summed E-state index contributed by atoms with van der Waals surface area (Å²) in [7, 11) is 0. The molecular formula is C22H27N3O. The average Bonchev–Trinajstić information content (AvgIpc) is 3.06. The normalized spacial score (nSPS) is 19.7. The number of hydrogen-bond acceptors (Lipinski definition) is 3. The van der Waals surface area contributed by atoms with Gasteiger partial charge in [0.05, 0.1) is 17.1 Å². The summed E-state index contributed by atoms with van der Waals surface area (Å²) in [5.41, 5.74) is 5.59. The topological polar surface area (TPSA) is 52.1 Å². The zero-order valence-electron chi connectivity index (χ0n) is 15.6. The summed E-state index contributed by atoms with van der Waals surface area (Å²) < 4.78 is 0. The van der Waals surface area contributed by atoms with Crippen LogP contribution in [0.1, 0.15) is 47.4 Å². The zero-order valence-corrected chi connectivity index (χ0v) is 15.6. The lowest BCUT2D eigenvalue weighted by molar-refractivity contribution is 0.0942. The van der Waals surface area contributed by atoms with Gasteiger partial charge in [0.15, 0.2) is 0 Å². The number of β-amino-alcohol motifs (C(OH)–C–C–N with tert-alkyl or cyclic N) is 1. The Morgan fingerprint density at radius 2 is 2.08 bits per heavy atom. The van der Waals surface area contributed by atoms with Crippen LogP contribution in [0.4, 0.5) is 0 Å². The fraction of sp³-hybridized carbons (Fsp3) is 0.409. The van der Waals surface area contributed by atoms with Crippen molar-refractivity contribution in [2.45, 2.75) is 38.7 Å². The lowest BCUT2D eigenvalue weighted by Crippen LogP contribution is -2.37. The first-order chi connectivity index (χ1) is 12.6. The van der Waals surface area contributed by atoms with Crippen LogP contribution in [0.5, 0.6) is 0 Å². The van der Waals surface area contributed by atoms with Crippen LogP contribution in [0.3, 0.4) is 0 Å². The fourth-order valence-electron chi connectivity index (χ4n) is 4.15. The van der Waals surface area contributed by atoms with Crippen molar-refractivity contribution in [1.29, 1.82) is 0 Å². The lowest BCUT2D eigenvalue weighted by atomic mass is 9.95. The van der Waals surface area contributed by atoms with E-state index in [1.807, 2.05) is 12.1 Å². The molecule has 1 aliphatic rings. The van der Waals surface area contributed by atoms with E-state index in [0.29, 0.717) is 12.5 Å². The summed E-state index contributed by atoms with van der Waals surface area (Å²) in [6.07, 6.45) is 1.85. The third-order valence-corrected chi connectivity index (χ3v) is 5.52. The summed E-state index contributed by atoms with van der Waals surface area (Å²) in [5, 5.41) is 10.8. The number of aliphatic hydroxyl groups is 1. The fourth-order valence-corrected chi connectivity index (χ4v) is 4.15. The molecule has 2 N–H and O–H groups in total. The molecule has 2 atom stereocenters. The molecule has 0 aliphatic carbocycles. The van der Waals surface area contributed by atoms with Crippen LogP contribution in [0, 0.1) is 13.8 Å². The number of H-pyrrole nitrogens is 1. The van der Waals surface area contributed by atoms with Gasteiger partial charge >= 0.3 is 0 Å². The van der Waals surface area contributed by atoms with E-state index in [1.54, 1.807) is 0 Å². The van der Waals surface area contributed by atoms with Crippen molar-refractivity contribution in [2.24, 2.45) is 0 Å². The number of para-hydroxylation sites is 2. The number of aliphatic hydroxyl groups excluding tert-OH is 1. The second-order valence-electron chi connectivity index (χ2n) is 7.61. The molecule has 4 nitrogen and oxygen atoms in total. The lowest BCUT2D eigenvalue weighted by Gasteiger charge is -2.33. The zero-order chi connectivity index (χ0) is 18.1. The maximum absolute atomic E-state index is 10.8. The number of benzene rings is 2. The van der Waals surface area contributed by atoms with E-state index in [2.05, 4.69) is 54.1 Å². The van der Waals surface area contributed by atoms with E-state index in [1.165, 1.54) is 11.1 Å². The van der Waals surface area contributed by atoms with Gasteiger partial charge in [-0.15, -0.1) is 0 Å². The van der Waals surface area contributed by atoms with Crippen LogP contribution in [-0.2, 0) is 0 Å². The quantitative estimate of drug-likeness (QED) is 0.746. The van der Waals surface area contributed by atoms with Crippen LogP contribution >= 0.6 is 0 Å². The number of aromatic nitrogens is 2. The molecule has 4 rings (SSSR count). The van der Waals surface area contributed by atoms with Gasteiger partial charge in [-0.1, -0.05) is 35.9 Å². The summed E-state index contributed by atoms with van der Waals surface area (Å²) >= 11 is 0. The van der Waals surface area contributed by atoms with Crippen LogP contribution in [-0.4, -0.2) is 39.6 Å². The molecule has 0 amide bonds. The Balaban J connectivity index is 1.46. The first kappa shape index (κ1) is 17.3. The van der Waals surface area contributed by atoms with Gasteiger partial charge in [-0.25, -0.2) is 4.98 Å². The minimum Gasteiger partial charge on any atom is -0.387 e. The number of nitrogens with zero attached hydrogens (tertiary/aromatic N) is 2. The van der Waals surface area contributed by atoms with Crippen LogP contribution < -0.4 is 0 Å². The maximum Gasteiger partial charge on any atom is 0.111 e. The molecule has 0 saturated carbocycles. The number of nitrogens with one attached hydrogen (secondary N) is 1. The highest BCUT2D eigenvalue weighted by Crippen LogP contribution is 2.28. The Morgan fingerprint density at radius 3 is 2.88 bits per heavy atom. The van der Waals surface area contributed by atoms with Gasteiger partial charge in [-0.05, 0) is 56.5 Å². The van der Waals surface area contributed by atoms with Crippen molar-refractivity contribution in [3.63, 3.8) is 0 Å². The maximum atomic E-state index is 10.8. The number of imidazole rings is 1. The molecule has 0 radical (unpaired) electrons. The minimum atomic E-state index is -0.440. The van der Waals surface area contributed by atoms with Crippen molar-refractivity contribution in [1.82, 2.24) is 14.9 Å². The Labute approximate surface area is 154 Å². The third kappa shape index (κ3) is 3.53. The van der Waals surface area contributed by atoms with Crippen molar-refractivity contribution < 1.29 is 5.11 Å². The van der Waals surface area contributed by atoms with Gasteiger partial charge in [-0.3, -0.25) is 4.90 Å². The smallest absolute Gasteiger partial charge is 0.111 e. The van der Waals surface area contributed by atoms with Crippen molar-refractivity contribution in [3.8, 4) is 0 Å². The van der Waals surface area contributed by atoms with Crippen molar-refractivity contribution >= 4 is 11.0 Å². The number of aryl methyl sites for hydroxylation is 2. The van der Waals surface area contributed by atoms with Gasteiger partial charge in [0, 0.05) is 19.0 Å². The predicted octanol–water partition coefficient (Wildman–Crippen LogP) is 4.09. The Hall–Kier alpha value is -2.17. The second kappa shape index (κ2) is 7.22. The molecule has 1 aliphatic heterocycles. The number of likely N-dealkylation sites (tertiary alicyclic amines) is 1. The Bertz CT molecular complexity index is 868. The third-order valence-electron chi connectivity index (χ3n) is 5.52. The second-order valence-corrected chi connectivity index (χ2v) is 7.61. The Kier molecular flexibility index (Phi) is 4.79. The first-order valence-electron chi connectivity index (χ1n) is 9.52. The highest BCUT2D eigenvalue weighted by Gasteiger charge is 2.25. The molecule has 3 aromatic rings. The Morgan fingerprint density at radius 1 is 1.23 bits per heavy atom. The molecule has 1 saturated heterocycles. The molecule has 0 spiro atoms. The molecule has 2 heterocycles. The minimum absolute atomic E-state index is 0.405. The van der Waals surface area contributed by atoms with E-state index >= 15 is 0 Å². The molecule has 26 heavy (non-hydrogen) atoms. The van der Waals surface area contributed by atoms with E-state index in [-0.39, 0.29) is 0 Å². The van der Waals surface area contributed by atoms with Crippen LogP contribution in [0.15, 0.2) is 42.5 Å². The number of piperidine rings is 1. The van der Waals surface area contributed by atoms with Crippen LogP contribution in [0.2, 0.25) is 0 Å². The summed E-state index contributed by atoms with van der Waals surface area (Å²) in [4.78, 5) is 10.7. The van der Waals surface area contributed by atoms with Crippen molar-refractivity contribution in [2.75, 3.05) is 19.6 Å². The summed E-state index contributed by atoms with van der Waals surface area (Å²) in [6, 6.07) is 14.5. The summed E-state index contributed by atoms with van der Waals surface area (Å²) in [6.45, 7) is 6.84. The molecule has 2 aromatic carbocycles. The van der Waals surface area contributed by atoms with E-state index in [0.717, 1.165) is 48.4 Å². The number of rotatable bonds is 4. The molecule has 4 heteroatoms. The first-order valence-corrected chi connectivity index (χ1v) is 9.52. The highest BCUT2D eigenvalue weighted by molar-refractivity contribution is 5.74. The number of fused-ring (bicyclic) bond motifs is 1. The average molecular weight is 349 g/mol. The molecule has 1 aromatic heterocycles. The molecule has 136 valence electrons. The molecule has 1 fully saturated rings. The van der Waals surface area contributed by atoms with Crippen LogP contribution in [0.25, 0.3) is 11.0 Å². The summed E-state index contributed by atoms with van der Waals surface area (Å²) in [5.74, 6) is 1.49. The van der Waals surface area contributed by atoms with Gasteiger partial charge < -0.3 is 10.1 Å². The van der Waals surface area contributed by atoms with Gasteiger partial charge in [0.25, 0.3) is 0 Å². The van der Waals surface area contributed by atoms with Crippen molar-refractivity contribution in [3.05, 3.63) is 65.0 Å². The highest BCUT2D eigenvalue weighted by atomic mass is 16.3. The van der Waals surface area contributed by atoms with E-state index < -0.39 is 6.10 Å². The van der Waals surface area contributed by atoms with E-state index in [4.69, 9.17) is 4.98 Å². The predicted molar refractivity (Wildman–Crippen MR) is 105 cm³/mol. The van der Waals surface area contributed by atoms with Gasteiger partial charge in [0.2, 0.25) is 0 Å². The van der Waals surface area contributed by atoms with Gasteiger partial charge in [0.1, 0.15) is 5.82 Å². The monoisotopic (exact) mass is 349 g/mol. The number of hydrogen-bond donors (Lipinski definition) is 2. The molecule has 0 bridgehead atoms. The SMILES string of the molecule is Cc1ccc([C@@H](O)CN2CCC[C@@H](c3nc4ccccc4[nH]3)C2)c(C)c1. The largest absolute Gasteiger partial charge is 0.387 e. The molecule has 0 unspecified atom stereocenters. The van der Waals surface area contributed by atoms with E-state index in [9.17, 15) is 5.11 Å². The van der Waals surface area contributed by atoms with Gasteiger partial charge in [-0.2, -0.15) is 0 Å². The molecular weight excluding hydrogens is 322 g/mol.